The van der Waals surface area contributed by atoms with Crippen LogP contribution in [0.2, 0.25) is 0 Å². The largest absolute Gasteiger partial charge is 0.456 e. The van der Waals surface area contributed by atoms with Gasteiger partial charge in [-0.25, -0.2) is 0 Å². The standard InChI is InChI=1S/C47H32O/c1-2-10-32(11-3-1)33-20-22-34(23-21-33)35-24-26-37(27-25-35)47(43-18-9-13-36-12-4-5-16-41(36)43)40-15-8-14-38(30-40)39-28-29-46-44(31-39)42-17-6-7-19-45(42)48-46/h1-31,47H. The zero-order valence-corrected chi connectivity index (χ0v) is 26.4. The van der Waals surface area contributed by atoms with Crippen LogP contribution in [-0.4, -0.2) is 0 Å². The molecule has 1 heterocycles. The highest BCUT2D eigenvalue weighted by Crippen LogP contribution is 2.39. The summed E-state index contributed by atoms with van der Waals surface area (Å²) in [5.41, 5.74) is 12.9. The summed E-state index contributed by atoms with van der Waals surface area (Å²) in [5.74, 6) is 0.0593. The van der Waals surface area contributed by atoms with Gasteiger partial charge in [-0.3, -0.25) is 0 Å². The number of para-hydroxylation sites is 1. The van der Waals surface area contributed by atoms with E-state index in [1.54, 1.807) is 0 Å². The lowest BCUT2D eigenvalue weighted by Crippen LogP contribution is -2.04. The van der Waals surface area contributed by atoms with Gasteiger partial charge in [-0.05, 0) is 79.0 Å². The van der Waals surface area contributed by atoms with Crippen molar-refractivity contribution in [1.82, 2.24) is 0 Å². The summed E-state index contributed by atoms with van der Waals surface area (Å²) >= 11 is 0. The van der Waals surface area contributed by atoms with Crippen molar-refractivity contribution >= 4 is 32.7 Å². The maximum absolute atomic E-state index is 6.13. The van der Waals surface area contributed by atoms with Crippen LogP contribution in [0, 0.1) is 0 Å². The van der Waals surface area contributed by atoms with Gasteiger partial charge < -0.3 is 4.42 Å². The zero-order chi connectivity index (χ0) is 31.9. The summed E-state index contributed by atoms with van der Waals surface area (Å²) in [4.78, 5) is 0. The van der Waals surface area contributed by atoms with Crippen LogP contribution in [0.4, 0.5) is 0 Å². The van der Waals surface area contributed by atoms with Crippen molar-refractivity contribution in [3.63, 3.8) is 0 Å². The fourth-order valence-corrected chi connectivity index (χ4v) is 7.21. The van der Waals surface area contributed by atoms with E-state index in [9.17, 15) is 0 Å². The van der Waals surface area contributed by atoms with Crippen molar-refractivity contribution in [3.8, 4) is 33.4 Å². The number of benzene rings is 8. The molecule has 0 aliphatic rings. The molecule has 1 nitrogen and oxygen atoms in total. The molecule has 1 heteroatoms. The number of hydrogen-bond donors (Lipinski definition) is 0. The monoisotopic (exact) mass is 612 g/mol. The molecule has 1 atom stereocenters. The SMILES string of the molecule is c1ccc(-c2ccc(-c3ccc(C(c4cccc(-c5ccc6oc7ccccc7c6c5)c4)c4cccc5ccccc45)cc3)cc2)cc1. The summed E-state index contributed by atoms with van der Waals surface area (Å²) in [6, 6.07) is 67.9. The summed E-state index contributed by atoms with van der Waals surface area (Å²) < 4.78 is 6.13. The highest BCUT2D eigenvalue weighted by molar-refractivity contribution is 6.06. The van der Waals surface area contributed by atoms with Gasteiger partial charge in [0.2, 0.25) is 0 Å². The van der Waals surface area contributed by atoms with E-state index in [2.05, 4.69) is 176 Å². The van der Waals surface area contributed by atoms with Crippen LogP contribution in [0.3, 0.4) is 0 Å². The maximum atomic E-state index is 6.13. The van der Waals surface area contributed by atoms with Crippen molar-refractivity contribution in [2.24, 2.45) is 0 Å². The van der Waals surface area contributed by atoms with Crippen LogP contribution in [0.25, 0.3) is 66.1 Å². The van der Waals surface area contributed by atoms with E-state index in [0.717, 1.165) is 21.9 Å². The first-order chi connectivity index (χ1) is 23.8. The summed E-state index contributed by atoms with van der Waals surface area (Å²) in [7, 11) is 0. The number of rotatable bonds is 6. The number of furan rings is 1. The van der Waals surface area contributed by atoms with Gasteiger partial charge in [-0.2, -0.15) is 0 Å². The molecule has 8 aromatic carbocycles. The Morgan fingerprint density at radius 3 is 1.65 bits per heavy atom. The van der Waals surface area contributed by atoms with Gasteiger partial charge >= 0.3 is 0 Å². The number of fused-ring (bicyclic) bond motifs is 4. The van der Waals surface area contributed by atoms with Crippen LogP contribution in [0.15, 0.2) is 192 Å². The molecule has 1 aromatic heterocycles. The van der Waals surface area contributed by atoms with Crippen LogP contribution in [0.5, 0.6) is 0 Å². The van der Waals surface area contributed by atoms with E-state index < -0.39 is 0 Å². The Morgan fingerprint density at radius 1 is 0.312 bits per heavy atom. The normalized spacial score (nSPS) is 12.1. The minimum atomic E-state index is 0.0593. The second-order valence-electron chi connectivity index (χ2n) is 12.5. The third-order valence-corrected chi connectivity index (χ3v) is 9.63. The van der Waals surface area contributed by atoms with E-state index in [-0.39, 0.29) is 5.92 Å². The van der Waals surface area contributed by atoms with Crippen LogP contribution >= 0.6 is 0 Å². The first kappa shape index (κ1) is 28.1. The minimum Gasteiger partial charge on any atom is -0.456 e. The summed E-state index contributed by atoms with van der Waals surface area (Å²) in [5, 5.41) is 4.83. The zero-order valence-electron chi connectivity index (χ0n) is 26.4. The molecular formula is C47H32O. The van der Waals surface area contributed by atoms with Gasteiger partial charge in [0.05, 0.1) is 0 Å². The number of hydrogen-bond acceptors (Lipinski definition) is 1. The van der Waals surface area contributed by atoms with Gasteiger partial charge in [0, 0.05) is 16.7 Å². The van der Waals surface area contributed by atoms with E-state index >= 15 is 0 Å². The molecule has 0 saturated carbocycles. The Hall–Kier alpha value is -6.18. The lowest BCUT2D eigenvalue weighted by atomic mass is 9.81. The molecule has 0 saturated heterocycles. The van der Waals surface area contributed by atoms with Crippen molar-refractivity contribution in [2.75, 3.05) is 0 Å². The van der Waals surface area contributed by atoms with Crippen molar-refractivity contribution in [3.05, 3.63) is 205 Å². The molecular weight excluding hydrogens is 581 g/mol. The smallest absolute Gasteiger partial charge is 0.135 e. The van der Waals surface area contributed by atoms with E-state index in [0.29, 0.717) is 0 Å². The van der Waals surface area contributed by atoms with Crippen LogP contribution in [0.1, 0.15) is 22.6 Å². The fourth-order valence-electron chi connectivity index (χ4n) is 7.21. The second-order valence-corrected chi connectivity index (χ2v) is 12.5. The quantitative estimate of drug-likeness (QED) is 0.170. The van der Waals surface area contributed by atoms with E-state index in [4.69, 9.17) is 4.42 Å². The third-order valence-electron chi connectivity index (χ3n) is 9.63. The molecule has 226 valence electrons. The Balaban J connectivity index is 1.13. The Kier molecular flexibility index (Phi) is 6.95. The molecule has 0 amide bonds. The molecule has 0 spiro atoms. The molecule has 0 bridgehead atoms. The molecule has 0 aliphatic heterocycles. The van der Waals surface area contributed by atoms with Crippen LogP contribution in [-0.2, 0) is 0 Å². The first-order valence-electron chi connectivity index (χ1n) is 16.5. The van der Waals surface area contributed by atoms with Gasteiger partial charge in [0.15, 0.2) is 0 Å². The van der Waals surface area contributed by atoms with Crippen LogP contribution < -0.4 is 0 Å². The molecule has 0 radical (unpaired) electrons. The van der Waals surface area contributed by atoms with Gasteiger partial charge in [-0.15, -0.1) is 0 Å². The van der Waals surface area contributed by atoms with Crippen molar-refractivity contribution in [2.45, 2.75) is 5.92 Å². The molecule has 0 N–H and O–H groups in total. The highest BCUT2D eigenvalue weighted by Gasteiger charge is 2.20. The minimum absolute atomic E-state index is 0.0593. The van der Waals surface area contributed by atoms with Gasteiger partial charge in [-0.1, -0.05) is 170 Å². The van der Waals surface area contributed by atoms with Crippen molar-refractivity contribution in [1.29, 1.82) is 0 Å². The predicted octanol–water partition coefficient (Wildman–Crippen LogP) is 12.9. The predicted molar refractivity (Wildman–Crippen MR) is 201 cm³/mol. The van der Waals surface area contributed by atoms with E-state index in [1.165, 1.54) is 60.8 Å². The molecule has 1 unspecified atom stereocenters. The molecule has 0 fully saturated rings. The molecule has 9 rings (SSSR count). The third kappa shape index (κ3) is 5.07. The molecule has 0 aliphatic carbocycles. The molecule has 48 heavy (non-hydrogen) atoms. The maximum Gasteiger partial charge on any atom is 0.135 e. The highest BCUT2D eigenvalue weighted by atomic mass is 16.3. The summed E-state index contributed by atoms with van der Waals surface area (Å²) in [6.45, 7) is 0. The van der Waals surface area contributed by atoms with Gasteiger partial charge in [0.25, 0.3) is 0 Å². The van der Waals surface area contributed by atoms with E-state index in [1.807, 2.05) is 12.1 Å². The Bertz CT molecular complexity index is 2530. The average Bonchev–Trinajstić information content (AvgIpc) is 3.54. The summed E-state index contributed by atoms with van der Waals surface area (Å²) in [6.07, 6.45) is 0. The lowest BCUT2D eigenvalue weighted by Gasteiger charge is -2.22. The fraction of sp³-hybridized carbons (Fsp3) is 0.0213. The first-order valence-corrected chi connectivity index (χ1v) is 16.5. The topological polar surface area (TPSA) is 13.1 Å². The Labute approximate surface area is 280 Å². The van der Waals surface area contributed by atoms with Gasteiger partial charge in [0.1, 0.15) is 11.2 Å². The Morgan fingerprint density at radius 2 is 0.854 bits per heavy atom. The molecule has 9 aromatic rings. The lowest BCUT2D eigenvalue weighted by molar-refractivity contribution is 0.669. The van der Waals surface area contributed by atoms with Crippen molar-refractivity contribution < 1.29 is 4.42 Å². The second kappa shape index (κ2) is 11.9. The average molecular weight is 613 g/mol.